The first-order valence-electron chi connectivity index (χ1n) is 19.0. The summed E-state index contributed by atoms with van der Waals surface area (Å²) in [4.78, 5) is 22.0. The van der Waals surface area contributed by atoms with E-state index < -0.39 is 11.8 Å². The van der Waals surface area contributed by atoms with Crippen LogP contribution in [-0.2, 0) is 52.3 Å². The lowest BCUT2D eigenvalue weighted by atomic mass is 9.62. The van der Waals surface area contributed by atoms with Gasteiger partial charge in [0.2, 0.25) is 5.79 Å². The first-order chi connectivity index (χ1) is 26.0. The predicted octanol–water partition coefficient (Wildman–Crippen LogP) is 10.2. The molecule has 55 heavy (non-hydrogen) atoms. The van der Waals surface area contributed by atoms with E-state index in [-0.39, 0.29) is 28.6 Å². The van der Waals surface area contributed by atoms with Gasteiger partial charge in [-0.2, -0.15) is 0 Å². The van der Waals surface area contributed by atoms with E-state index >= 15 is 0 Å². The molecule has 292 valence electrons. The molecule has 2 aliphatic rings. The van der Waals surface area contributed by atoms with Crippen molar-refractivity contribution >= 4 is 29.4 Å². The number of aliphatic carboxylic acids is 1. The molecule has 8 nitrogen and oxygen atoms in total. The summed E-state index contributed by atoms with van der Waals surface area (Å²) in [6, 6.07) is 28.6. The highest BCUT2D eigenvalue weighted by Gasteiger charge is 2.43. The van der Waals surface area contributed by atoms with Crippen molar-refractivity contribution in [3.63, 3.8) is 0 Å². The quantitative estimate of drug-likeness (QED) is 0.122. The van der Waals surface area contributed by atoms with Crippen LogP contribution in [0.4, 0.5) is 11.4 Å². The zero-order valence-corrected chi connectivity index (χ0v) is 33.9. The molecule has 1 aliphatic heterocycles. The fourth-order valence-electron chi connectivity index (χ4n) is 7.30. The molecule has 1 saturated heterocycles. The van der Waals surface area contributed by atoms with Gasteiger partial charge in [-0.15, -0.1) is 0 Å². The number of ether oxygens (including phenoxy) is 4. The molecule has 0 amide bonds. The number of carboxylic acid groups (broad SMARTS) is 1. The number of carbonyl (C=O) groups is 2. The van der Waals surface area contributed by atoms with Crippen LogP contribution in [0.1, 0.15) is 107 Å². The molecule has 0 radical (unpaired) electrons. The van der Waals surface area contributed by atoms with Gasteiger partial charge < -0.3 is 29.4 Å². The molecule has 0 saturated carbocycles. The van der Waals surface area contributed by atoms with E-state index in [4.69, 9.17) is 19.3 Å². The average Bonchev–Trinajstić information content (AvgIpc) is 3.67. The van der Waals surface area contributed by atoms with Crippen molar-refractivity contribution in [1.82, 2.24) is 0 Å². The lowest BCUT2D eigenvalue weighted by Crippen LogP contribution is -2.35. The number of aryl methyl sites for hydroxylation is 1. The molecule has 0 unspecified atom stereocenters. The van der Waals surface area contributed by atoms with Gasteiger partial charge in [-0.05, 0) is 100 Å². The van der Waals surface area contributed by atoms with Crippen LogP contribution in [0.15, 0.2) is 91.0 Å². The number of hydrogen-bond donors (Lipinski definition) is 2. The molecule has 2 N–H and O–H groups in total. The average molecular weight is 748 g/mol. The maximum absolute atomic E-state index is 11.4. The van der Waals surface area contributed by atoms with Gasteiger partial charge in [0.25, 0.3) is 0 Å². The van der Waals surface area contributed by atoms with Crippen molar-refractivity contribution in [2.24, 2.45) is 0 Å². The molecule has 1 heterocycles. The molecular formula is C47H57NO7. The second-order valence-corrected chi connectivity index (χ2v) is 16.7. The van der Waals surface area contributed by atoms with Gasteiger partial charge in [0.15, 0.2) is 0 Å². The number of rotatable bonds is 10. The zero-order chi connectivity index (χ0) is 40.0. The Morgan fingerprint density at radius 1 is 0.782 bits per heavy atom. The number of anilines is 2. The van der Waals surface area contributed by atoms with Crippen LogP contribution < -0.4 is 10.1 Å². The summed E-state index contributed by atoms with van der Waals surface area (Å²) in [5.74, 6) is -1.16. The van der Waals surface area contributed by atoms with Gasteiger partial charge in [-0.25, -0.2) is 4.79 Å². The highest BCUT2D eigenvalue weighted by atomic mass is 16.7. The maximum Gasteiger partial charge on any atom is 0.330 e. The van der Waals surface area contributed by atoms with Gasteiger partial charge in [0.05, 0.1) is 27.4 Å². The molecule has 1 aliphatic carbocycles. The number of methoxy groups -OCH3 is 2. The van der Waals surface area contributed by atoms with Crippen molar-refractivity contribution < 1.29 is 33.6 Å². The van der Waals surface area contributed by atoms with Gasteiger partial charge in [0, 0.05) is 40.6 Å². The van der Waals surface area contributed by atoms with Crippen molar-refractivity contribution in [2.75, 3.05) is 32.8 Å². The summed E-state index contributed by atoms with van der Waals surface area (Å²) in [7, 11) is 3.06. The first-order valence-corrected chi connectivity index (χ1v) is 19.0. The molecule has 4 aromatic carbocycles. The van der Waals surface area contributed by atoms with E-state index in [1.165, 1.54) is 30.7 Å². The van der Waals surface area contributed by atoms with Crippen LogP contribution in [0.2, 0.25) is 0 Å². The minimum absolute atomic E-state index is 0.0102. The third-order valence-electron chi connectivity index (χ3n) is 10.7. The van der Waals surface area contributed by atoms with Crippen molar-refractivity contribution in [1.29, 1.82) is 0 Å². The molecule has 6 rings (SSSR count). The van der Waals surface area contributed by atoms with E-state index in [9.17, 15) is 9.59 Å². The Kier molecular flexibility index (Phi) is 12.6. The van der Waals surface area contributed by atoms with E-state index in [0.717, 1.165) is 51.4 Å². The molecular weight excluding hydrogens is 691 g/mol. The number of esters is 1. The van der Waals surface area contributed by atoms with E-state index in [0.29, 0.717) is 19.6 Å². The number of fused-ring (bicyclic) bond motifs is 1. The number of carboxylic acids is 1. The third kappa shape index (κ3) is 9.85. The minimum atomic E-state index is -0.905. The van der Waals surface area contributed by atoms with Crippen molar-refractivity contribution in [2.45, 2.75) is 96.2 Å². The fraction of sp³-hybridized carbons (Fsp3) is 0.404. The Bertz CT molecular complexity index is 1980. The number of carbonyl (C=O) groups excluding carboxylic acids is 1. The largest absolute Gasteiger partial charge is 0.496 e. The van der Waals surface area contributed by atoms with Gasteiger partial charge in [0.1, 0.15) is 5.75 Å². The normalized spacial score (nSPS) is 16.7. The molecule has 4 aromatic rings. The van der Waals surface area contributed by atoms with Crippen LogP contribution in [-0.4, -0.2) is 44.5 Å². The minimum Gasteiger partial charge on any atom is -0.496 e. The van der Waals surface area contributed by atoms with E-state index in [1.54, 1.807) is 13.2 Å². The van der Waals surface area contributed by atoms with Crippen molar-refractivity contribution in [3.8, 4) is 5.75 Å². The molecule has 8 heteroatoms. The Labute approximate surface area is 326 Å². The predicted molar refractivity (Wildman–Crippen MR) is 219 cm³/mol. The summed E-state index contributed by atoms with van der Waals surface area (Å²) in [5, 5.41) is 12.1. The third-order valence-corrected chi connectivity index (χ3v) is 10.7. The Morgan fingerprint density at radius 3 is 1.96 bits per heavy atom. The Balaban J connectivity index is 0.000000219. The highest BCUT2D eigenvalue weighted by molar-refractivity contribution is 5.86. The van der Waals surface area contributed by atoms with Crippen LogP contribution in [0.3, 0.4) is 0 Å². The summed E-state index contributed by atoms with van der Waals surface area (Å²) >= 11 is 0. The second kappa shape index (κ2) is 16.8. The SMILES string of the molecule is COC(=O)/C=C/c1ccc(C2(c3ccc4c(c3)C(C)(C)CCC4(C)C)OCCO2)cc1.COc1ccc(Nc2ccc(CCC(=O)O)cc2)cc1C(C)(C)C. The van der Waals surface area contributed by atoms with Gasteiger partial charge in [-0.1, -0.05) is 97.0 Å². The Hall–Kier alpha value is -4.92. The lowest BCUT2D eigenvalue weighted by molar-refractivity contribution is -0.137. The number of hydrogen-bond acceptors (Lipinski definition) is 7. The highest BCUT2D eigenvalue weighted by Crippen LogP contribution is 2.48. The van der Waals surface area contributed by atoms with Crippen LogP contribution in [0.5, 0.6) is 5.75 Å². The van der Waals surface area contributed by atoms with E-state index in [1.807, 2.05) is 60.7 Å². The second-order valence-electron chi connectivity index (χ2n) is 16.7. The van der Waals surface area contributed by atoms with E-state index in [2.05, 4.69) is 82.8 Å². The monoisotopic (exact) mass is 747 g/mol. The standard InChI is InChI=1S/C27H32O4.C20H25NO3/c1-25(2)14-15-26(3,4)23-18-21(11-12-22(23)25)27(30-16-17-31-27)20-9-6-19(7-10-20)8-13-24(28)29-5;1-20(2,3)17-13-16(10-11-18(17)24-4)21-15-8-5-14(6-9-15)7-12-19(22)23/h6-13,18H,14-17H2,1-5H3;5-6,8-11,13,21H,7,12H2,1-4H3,(H,22,23)/b13-8+;. The molecule has 0 spiro atoms. The van der Waals surface area contributed by atoms with Crippen LogP contribution in [0.25, 0.3) is 6.08 Å². The van der Waals surface area contributed by atoms with Gasteiger partial charge >= 0.3 is 11.9 Å². The summed E-state index contributed by atoms with van der Waals surface area (Å²) in [5.41, 5.74) is 10.1. The molecule has 0 atom stereocenters. The topological polar surface area (TPSA) is 103 Å². The lowest BCUT2D eigenvalue weighted by Gasteiger charge is -2.42. The smallest absolute Gasteiger partial charge is 0.330 e. The summed E-state index contributed by atoms with van der Waals surface area (Å²) in [6.07, 6.45) is 6.20. The molecule has 1 fully saturated rings. The van der Waals surface area contributed by atoms with Gasteiger partial charge in [-0.3, -0.25) is 4.79 Å². The van der Waals surface area contributed by atoms with Crippen LogP contribution >= 0.6 is 0 Å². The zero-order valence-electron chi connectivity index (χ0n) is 33.9. The number of benzene rings is 4. The van der Waals surface area contributed by atoms with Crippen LogP contribution in [0, 0.1) is 0 Å². The Morgan fingerprint density at radius 2 is 1.38 bits per heavy atom. The fourth-order valence-corrected chi connectivity index (χ4v) is 7.30. The molecule has 0 aromatic heterocycles. The summed E-state index contributed by atoms with van der Waals surface area (Å²) in [6.45, 7) is 16.9. The number of nitrogens with one attached hydrogen (secondary N) is 1. The van der Waals surface area contributed by atoms with Crippen molar-refractivity contribution in [3.05, 3.63) is 130 Å². The maximum atomic E-state index is 11.4. The summed E-state index contributed by atoms with van der Waals surface area (Å²) < 4.78 is 22.7. The first kappa shape index (κ1) is 41.2. The molecule has 0 bridgehead atoms.